The Hall–Kier alpha value is -3.37. The van der Waals surface area contributed by atoms with E-state index in [2.05, 4.69) is 5.32 Å². The highest BCUT2D eigenvalue weighted by atomic mass is 35.5. The maximum Gasteiger partial charge on any atom is 0.296 e. The summed E-state index contributed by atoms with van der Waals surface area (Å²) in [6.07, 6.45) is 1.34. The van der Waals surface area contributed by atoms with Crippen molar-refractivity contribution in [3.8, 4) is 11.8 Å². The quantitative estimate of drug-likeness (QED) is 0.379. The second-order valence-corrected chi connectivity index (χ2v) is 5.26. The number of nitro benzene ring substituents is 1. The number of hydrogen-bond acceptors (Lipinski definition) is 5. The summed E-state index contributed by atoms with van der Waals surface area (Å²) in [4.78, 5) is 22.8. The molecule has 0 fully saturated rings. The van der Waals surface area contributed by atoms with Gasteiger partial charge in [-0.2, -0.15) is 5.26 Å². The van der Waals surface area contributed by atoms with Crippen molar-refractivity contribution in [3.63, 3.8) is 0 Å². The van der Waals surface area contributed by atoms with E-state index in [0.717, 1.165) is 0 Å². The first-order valence-corrected chi connectivity index (χ1v) is 7.33. The van der Waals surface area contributed by atoms with Crippen LogP contribution in [0.15, 0.2) is 48.0 Å². The Kier molecular flexibility index (Phi) is 5.71. The predicted octanol–water partition coefficient (Wildman–Crippen LogP) is 3.80. The number of nitriles is 1. The van der Waals surface area contributed by atoms with Crippen molar-refractivity contribution < 1.29 is 14.5 Å². The van der Waals surface area contributed by atoms with Crippen LogP contribution in [-0.2, 0) is 4.79 Å². The average molecular weight is 358 g/mol. The van der Waals surface area contributed by atoms with Crippen molar-refractivity contribution in [2.75, 3.05) is 12.4 Å². The lowest BCUT2D eigenvalue weighted by molar-refractivity contribution is -0.384. The molecule has 2 aromatic rings. The molecule has 1 amide bonds. The van der Waals surface area contributed by atoms with Gasteiger partial charge in [-0.05, 0) is 35.9 Å². The Labute approximate surface area is 148 Å². The molecule has 0 aromatic heterocycles. The van der Waals surface area contributed by atoms with E-state index >= 15 is 0 Å². The fourth-order valence-electron chi connectivity index (χ4n) is 2.00. The molecule has 0 heterocycles. The molecule has 126 valence electrons. The SMILES string of the molecule is COc1ccc(NC(=O)/C(C#N)=C/c2cccc(Cl)c2)c([N+](=O)[O-])c1. The van der Waals surface area contributed by atoms with Crippen LogP contribution >= 0.6 is 11.6 Å². The number of rotatable bonds is 5. The number of carbonyl (C=O) groups is 1. The third-order valence-corrected chi connectivity index (χ3v) is 3.41. The van der Waals surface area contributed by atoms with Crippen LogP contribution in [0.2, 0.25) is 5.02 Å². The summed E-state index contributed by atoms with van der Waals surface area (Å²) in [7, 11) is 1.37. The lowest BCUT2D eigenvalue weighted by Crippen LogP contribution is -2.14. The van der Waals surface area contributed by atoms with Gasteiger partial charge in [0, 0.05) is 5.02 Å². The first kappa shape index (κ1) is 18.0. The number of nitrogens with one attached hydrogen (secondary N) is 1. The Morgan fingerprint density at radius 1 is 1.36 bits per heavy atom. The number of hydrogen-bond donors (Lipinski definition) is 1. The Morgan fingerprint density at radius 2 is 2.12 bits per heavy atom. The minimum Gasteiger partial charge on any atom is -0.496 e. The standard InChI is InChI=1S/C17H12ClN3O4/c1-25-14-5-6-15(16(9-14)21(23)24)20-17(22)12(10-19)7-11-3-2-4-13(18)8-11/h2-9H,1H3,(H,20,22)/b12-7+. The van der Waals surface area contributed by atoms with Gasteiger partial charge in [-0.1, -0.05) is 23.7 Å². The molecule has 2 aromatic carbocycles. The van der Waals surface area contributed by atoms with Crippen LogP contribution in [0.1, 0.15) is 5.56 Å². The van der Waals surface area contributed by atoms with Crippen LogP contribution in [-0.4, -0.2) is 17.9 Å². The van der Waals surface area contributed by atoms with Gasteiger partial charge >= 0.3 is 0 Å². The molecule has 0 aliphatic rings. The summed E-state index contributed by atoms with van der Waals surface area (Å²) in [6.45, 7) is 0. The van der Waals surface area contributed by atoms with Crippen molar-refractivity contribution in [1.29, 1.82) is 5.26 Å². The molecule has 0 unspecified atom stereocenters. The third-order valence-electron chi connectivity index (χ3n) is 3.17. The van der Waals surface area contributed by atoms with E-state index in [4.69, 9.17) is 16.3 Å². The average Bonchev–Trinajstić information content (AvgIpc) is 2.59. The maximum atomic E-state index is 12.3. The maximum absolute atomic E-state index is 12.3. The third kappa shape index (κ3) is 4.56. The number of amides is 1. The number of halogens is 1. The van der Waals surface area contributed by atoms with E-state index in [9.17, 15) is 20.2 Å². The Morgan fingerprint density at radius 3 is 2.72 bits per heavy atom. The van der Waals surface area contributed by atoms with E-state index in [-0.39, 0.29) is 22.7 Å². The summed E-state index contributed by atoms with van der Waals surface area (Å²) in [5, 5.41) is 23.2. The van der Waals surface area contributed by atoms with Crippen molar-refractivity contribution in [3.05, 3.63) is 68.7 Å². The zero-order chi connectivity index (χ0) is 18.4. The molecule has 0 spiro atoms. The van der Waals surface area contributed by atoms with Crippen LogP contribution in [0.5, 0.6) is 5.75 Å². The van der Waals surface area contributed by atoms with Crippen molar-refractivity contribution >= 4 is 35.0 Å². The van der Waals surface area contributed by atoms with Crippen molar-refractivity contribution in [2.45, 2.75) is 0 Å². The molecule has 25 heavy (non-hydrogen) atoms. The molecule has 0 aliphatic heterocycles. The summed E-state index contributed by atoms with van der Waals surface area (Å²) in [6, 6.07) is 12.4. The Balaban J connectivity index is 2.32. The molecule has 0 atom stereocenters. The van der Waals surface area contributed by atoms with Gasteiger partial charge in [0.25, 0.3) is 11.6 Å². The fourth-order valence-corrected chi connectivity index (χ4v) is 2.20. The minimum atomic E-state index is -0.768. The zero-order valence-corrected chi connectivity index (χ0v) is 13.8. The van der Waals surface area contributed by atoms with E-state index in [1.807, 2.05) is 0 Å². The number of ether oxygens (including phenoxy) is 1. The van der Waals surface area contributed by atoms with Crippen LogP contribution in [0.3, 0.4) is 0 Å². The van der Waals surface area contributed by atoms with E-state index in [1.165, 1.54) is 31.4 Å². The van der Waals surface area contributed by atoms with E-state index in [1.54, 1.807) is 30.3 Å². The normalized spacial score (nSPS) is 10.7. The number of nitro groups is 1. The second-order valence-electron chi connectivity index (χ2n) is 4.82. The Bertz CT molecular complexity index is 903. The molecule has 0 radical (unpaired) electrons. The molecule has 8 heteroatoms. The smallest absolute Gasteiger partial charge is 0.296 e. The van der Waals surface area contributed by atoms with Gasteiger partial charge in [-0.25, -0.2) is 0 Å². The molecule has 2 rings (SSSR count). The van der Waals surface area contributed by atoms with Gasteiger partial charge in [0.2, 0.25) is 0 Å². The summed E-state index contributed by atoms with van der Waals surface area (Å²) in [5.41, 5.74) is -0.0356. The number of methoxy groups -OCH3 is 1. The molecular formula is C17H12ClN3O4. The van der Waals surface area contributed by atoms with E-state index in [0.29, 0.717) is 10.6 Å². The van der Waals surface area contributed by atoms with Gasteiger partial charge in [0.15, 0.2) is 0 Å². The highest BCUT2D eigenvalue weighted by Crippen LogP contribution is 2.29. The van der Waals surface area contributed by atoms with Gasteiger partial charge < -0.3 is 10.1 Å². The number of benzene rings is 2. The van der Waals surface area contributed by atoms with Gasteiger partial charge in [-0.3, -0.25) is 14.9 Å². The second kappa shape index (κ2) is 7.95. The predicted molar refractivity (Wildman–Crippen MR) is 93.3 cm³/mol. The lowest BCUT2D eigenvalue weighted by atomic mass is 10.1. The minimum absolute atomic E-state index is 0.0388. The summed E-state index contributed by atoms with van der Waals surface area (Å²) < 4.78 is 4.93. The highest BCUT2D eigenvalue weighted by Gasteiger charge is 2.19. The summed E-state index contributed by atoms with van der Waals surface area (Å²) in [5.74, 6) is -0.490. The zero-order valence-electron chi connectivity index (χ0n) is 13.0. The fraction of sp³-hybridized carbons (Fsp3) is 0.0588. The molecule has 0 saturated heterocycles. The lowest BCUT2D eigenvalue weighted by Gasteiger charge is -2.07. The van der Waals surface area contributed by atoms with Crippen LogP contribution < -0.4 is 10.1 Å². The topological polar surface area (TPSA) is 105 Å². The first-order chi connectivity index (χ1) is 11.9. The number of nitrogens with zero attached hydrogens (tertiary/aromatic N) is 2. The number of carbonyl (C=O) groups excluding carboxylic acids is 1. The molecule has 1 N–H and O–H groups in total. The molecular weight excluding hydrogens is 346 g/mol. The van der Waals surface area contributed by atoms with Crippen LogP contribution in [0.4, 0.5) is 11.4 Å². The van der Waals surface area contributed by atoms with Crippen molar-refractivity contribution in [2.24, 2.45) is 0 Å². The molecule has 0 bridgehead atoms. The highest BCUT2D eigenvalue weighted by molar-refractivity contribution is 6.30. The molecule has 0 aliphatic carbocycles. The van der Waals surface area contributed by atoms with E-state index < -0.39 is 10.8 Å². The van der Waals surface area contributed by atoms with Crippen LogP contribution in [0.25, 0.3) is 6.08 Å². The number of anilines is 1. The van der Waals surface area contributed by atoms with Gasteiger partial charge in [-0.15, -0.1) is 0 Å². The van der Waals surface area contributed by atoms with Gasteiger partial charge in [0.1, 0.15) is 23.1 Å². The van der Waals surface area contributed by atoms with Crippen molar-refractivity contribution in [1.82, 2.24) is 0 Å². The first-order valence-electron chi connectivity index (χ1n) is 6.95. The monoisotopic (exact) mass is 357 g/mol. The molecule has 7 nitrogen and oxygen atoms in total. The van der Waals surface area contributed by atoms with Gasteiger partial charge in [0.05, 0.1) is 18.1 Å². The largest absolute Gasteiger partial charge is 0.496 e. The van der Waals surface area contributed by atoms with Crippen LogP contribution in [0, 0.1) is 21.4 Å². The summed E-state index contributed by atoms with van der Waals surface area (Å²) >= 11 is 5.87. The molecule has 0 saturated carbocycles.